The van der Waals surface area contributed by atoms with E-state index < -0.39 is 17.2 Å². The fourth-order valence-electron chi connectivity index (χ4n) is 0.807. The number of hydrogen-bond donors (Lipinski definition) is 3. The molecule has 0 atom stereocenters. The van der Waals surface area contributed by atoms with Crippen LogP contribution >= 0.6 is 0 Å². The zero-order chi connectivity index (χ0) is 13.3. The molecule has 0 amide bonds. The van der Waals surface area contributed by atoms with E-state index in [-0.39, 0.29) is 11.3 Å². The van der Waals surface area contributed by atoms with E-state index in [0.717, 1.165) is 12.1 Å². The highest BCUT2D eigenvalue weighted by atomic mass is 16.3. The molecule has 1 aromatic rings. The van der Waals surface area contributed by atoms with Crippen molar-refractivity contribution in [3.63, 3.8) is 0 Å². The molecule has 0 aliphatic carbocycles. The lowest BCUT2D eigenvalue weighted by molar-refractivity contribution is 0.101. The molecule has 16 heavy (non-hydrogen) atoms. The van der Waals surface area contributed by atoms with Gasteiger partial charge in [-0.05, 0) is 19.1 Å². The van der Waals surface area contributed by atoms with Gasteiger partial charge in [0.05, 0.1) is 0 Å². The van der Waals surface area contributed by atoms with E-state index >= 15 is 0 Å². The summed E-state index contributed by atoms with van der Waals surface area (Å²) in [5.41, 5.74) is 0.155. The number of phenols is 3. The van der Waals surface area contributed by atoms with Crippen LogP contribution in [-0.2, 0) is 0 Å². The lowest BCUT2D eigenvalue weighted by Crippen LogP contribution is -1.90. The van der Waals surface area contributed by atoms with Gasteiger partial charge < -0.3 is 15.3 Å². The molecule has 4 nitrogen and oxygen atoms in total. The summed E-state index contributed by atoms with van der Waals surface area (Å²) in [6.45, 7) is 9.30. The maximum absolute atomic E-state index is 10.8. The SMILES string of the molecule is CC.CC.CC(=O)c1cc(O)c(O)c(O)c1. The van der Waals surface area contributed by atoms with Gasteiger partial charge >= 0.3 is 0 Å². The van der Waals surface area contributed by atoms with Crippen molar-refractivity contribution >= 4 is 5.78 Å². The summed E-state index contributed by atoms with van der Waals surface area (Å²) < 4.78 is 0. The number of aromatic hydroxyl groups is 3. The van der Waals surface area contributed by atoms with Crippen LogP contribution < -0.4 is 0 Å². The van der Waals surface area contributed by atoms with Crippen molar-refractivity contribution < 1.29 is 20.1 Å². The summed E-state index contributed by atoms with van der Waals surface area (Å²) in [6.07, 6.45) is 0. The lowest BCUT2D eigenvalue weighted by atomic mass is 10.1. The van der Waals surface area contributed by atoms with Gasteiger partial charge in [-0.1, -0.05) is 27.7 Å². The Hall–Kier alpha value is -1.71. The molecular weight excluding hydrogens is 208 g/mol. The topological polar surface area (TPSA) is 77.8 Å². The molecule has 0 aromatic heterocycles. The highest BCUT2D eigenvalue weighted by Gasteiger charge is 2.09. The molecule has 4 heteroatoms. The average molecular weight is 228 g/mol. The van der Waals surface area contributed by atoms with Crippen molar-refractivity contribution in [3.8, 4) is 17.2 Å². The Bertz CT molecular complexity index is 309. The summed E-state index contributed by atoms with van der Waals surface area (Å²) >= 11 is 0. The summed E-state index contributed by atoms with van der Waals surface area (Å²) in [6, 6.07) is 2.19. The monoisotopic (exact) mass is 228 g/mol. The minimum absolute atomic E-state index is 0.155. The molecular formula is C12H20O4. The fourth-order valence-corrected chi connectivity index (χ4v) is 0.807. The maximum atomic E-state index is 10.8. The standard InChI is InChI=1S/C8H8O4.2C2H6/c1-4(9)5-2-6(10)8(12)7(11)3-5;2*1-2/h2-3,10-12H,1H3;2*1-2H3. The van der Waals surface area contributed by atoms with Gasteiger partial charge in [0, 0.05) is 5.56 Å². The van der Waals surface area contributed by atoms with E-state index in [4.69, 9.17) is 15.3 Å². The summed E-state index contributed by atoms with van der Waals surface area (Å²) in [7, 11) is 0. The van der Waals surface area contributed by atoms with Crippen LogP contribution in [0.1, 0.15) is 45.0 Å². The Morgan fingerprint density at radius 1 is 0.938 bits per heavy atom. The van der Waals surface area contributed by atoms with Gasteiger partial charge in [0.25, 0.3) is 0 Å². The van der Waals surface area contributed by atoms with E-state index in [9.17, 15) is 4.79 Å². The molecule has 0 saturated heterocycles. The Morgan fingerprint density at radius 2 is 1.25 bits per heavy atom. The number of phenolic OH excluding ortho intramolecular Hbond substituents is 3. The summed E-state index contributed by atoms with van der Waals surface area (Å²) in [5.74, 6) is -1.90. The molecule has 1 rings (SSSR count). The maximum Gasteiger partial charge on any atom is 0.200 e. The molecule has 0 bridgehead atoms. The second-order valence-electron chi connectivity index (χ2n) is 2.42. The first kappa shape index (κ1) is 16.7. The Morgan fingerprint density at radius 3 is 1.50 bits per heavy atom. The van der Waals surface area contributed by atoms with Crippen LogP contribution in [0, 0.1) is 0 Å². The number of carbonyl (C=O) groups excluding carboxylic acids is 1. The first-order valence-electron chi connectivity index (χ1n) is 5.28. The van der Waals surface area contributed by atoms with E-state index in [2.05, 4.69) is 0 Å². The molecule has 0 saturated carbocycles. The highest BCUT2D eigenvalue weighted by Crippen LogP contribution is 2.35. The third-order valence-corrected chi connectivity index (χ3v) is 1.48. The fraction of sp³-hybridized carbons (Fsp3) is 0.417. The quantitative estimate of drug-likeness (QED) is 0.510. The minimum atomic E-state index is -0.611. The highest BCUT2D eigenvalue weighted by molar-refractivity contribution is 5.95. The summed E-state index contributed by atoms with van der Waals surface area (Å²) in [4.78, 5) is 10.8. The molecule has 0 fully saturated rings. The molecule has 0 unspecified atom stereocenters. The van der Waals surface area contributed by atoms with Crippen molar-refractivity contribution in [2.24, 2.45) is 0 Å². The number of ketones is 1. The molecule has 0 aliphatic heterocycles. The van der Waals surface area contributed by atoms with Crippen LogP contribution in [0.25, 0.3) is 0 Å². The zero-order valence-corrected chi connectivity index (χ0v) is 10.4. The molecule has 3 N–H and O–H groups in total. The van der Waals surface area contributed by atoms with E-state index in [1.165, 1.54) is 6.92 Å². The second kappa shape index (κ2) is 8.59. The smallest absolute Gasteiger partial charge is 0.200 e. The van der Waals surface area contributed by atoms with Crippen LogP contribution in [0.2, 0.25) is 0 Å². The van der Waals surface area contributed by atoms with Crippen LogP contribution in [-0.4, -0.2) is 21.1 Å². The van der Waals surface area contributed by atoms with Gasteiger partial charge in [-0.2, -0.15) is 0 Å². The number of benzene rings is 1. The van der Waals surface area contributed by atoms with Crippen molar-refractivity contribution in [3.05, 3.63) is 17.7 Å². The number of Topliss-reactive ketones (excluding diaryl/α,β-unsaturated/α-hetero) is 1. The van der Waals surface area contributed by atoms with Crippen molar-refractivity contribution in [1.82, 2.24) is 0 Å². The number of carbonyl (C=O) groups is 1. The molecule has 0 aliphatic rings. The molecule has 1 aromatic carbocycles. The van der Waals surface area contributed by atoms with E-state index in [1.54, 1.807) is 0 Å². The van der Waals surface area contributed by atoms with Crippen LogP contribution in [0.4, 0.5) is 0 Å². The first-order chi connectivity index (χ1) is 7.52. The van der Waals surface area contributed by atoms with Gasteiger partial charge in [0.1, 0.15) is 0 Å². The molecule has 92 valence electrons. The molecule has 0 spiro atoms. The zero-order valence-electron chi connectivity index (χ0n) is 10.4. The van der Waals surface area contributed by atoms with Gasteiger partial charge in [0.2, 0.25) is 0 Å². The average Bonchev–Trinajstić information content (AvgIpc) is 2.30. The van der Waals surface area contributed by atoms with Gasteiger partial charge in [-0.3, -0.25) is 4.79 Å². The predicted octanol–water partition coefficient (Wildman–Crippen LogP) is 3.06. The van der Waals surface area contributed by atoms with E-state index in [1.807, 2.05) is 27.7 Å². The van der Waals surface area contributed by atoms with Crippen molar-refractivity contribution in [1.29, 1.82) is 0 Å². The van der Waals surface area contributed by atoms with Gasteiger partial charge in [-0.25, -0.2) is 0 Å². The third kappa shape index (κ3) is 4.68. The van der Waals surface area contributed by atoms with Crippen LogP contribution in [0.3, 0.4) is 0 Å². The molecule has 0 radical (unpaired) electrons. The minimum Gasteiger partial charge on any atom is -0.504 e. The van der Waals surface area contributed by atoms with E-state index in [0.29, 0.717) is 0 Å². The first-order valence-corrected chi connectivity index (χ1v) is 5.28. The Labute approximate surface area is 96.2 Å². The van der Waals surface area contributed by atoms with Gasteiger partial charge in [-0.15, -0.1) is 0 Å². The predicted molar refractivity (Wildman–Crippen MR) is 64.1 cm³/mol. The van der Waals surface area contributed by atoms with Gasteiger partial charge in [0.15, 0.2) is 23.0 Å². The number of hydrogen-bond acceptors (Lipinski definition) is 4. The van der Waals surface area contributed by atoms with Crippen LogP contribution in [0.15, 0.2) is 12.1 Å². The Balaban J connectivity index is 0. The van der Waals surface area contributed by atoms with Crippen LogP contribution in [0.5, 0.6) is 17.2 Å². The summed E-state index contributed by atoms with van der Waals surface area (Å²) in [5, 5.41) is 26.8. The van der Waals surface area contributed by atoms with Crippen molar-refractivity contribution in [2.75, 3.05) is 0 Å². The second-order valence-corrected chi connectivity index (χ2v) is 2.42. The number of rotatable bonds is 1. The third-order valence-electron chi connectivity index (χ3n) is 1.48. The largest absolute Gasteiger partial charge is 0.504 e. The van der Waals surface area contributed by atoms with Crippen molar-refractivity contribution in [2.45, 2.75) is 34.6 Å². The molecule has 0 heterocycles. The normalized spacial score (nSPS) is 8.06. The lowest BCUT2D eigenvalue weighted by Gasteiger charge is -2.02. The Kier molecular flexibility index (Phi) is 8.97.